The van der Waals surface area contributed by atoms with E-state index in [2.05, 4.69) is 15.3 Å². The Kier molecular flexibility index (Phi) is 25.4. The van der Waals surface area contributed by atoms with E-state index < -0.39 is 0 Å². The number of esters is 1. The fourth-order valence-electron chi connectivity index (χ4n) is 3.76. The summed E-state index contributed by atoms with van der Waals surface area (Å²) in [5.74, 6) is 0.0101. The van der Waals surface area contributed by atoms with Crippen LogP contribution in [0.1, 0.15) is 111 Å². The van der Waals surface area contributed by atoms with Crippen molar-refractivity contribution in [3.8, 4) is 0 Å². The minimum Gasteiger partial charge on any atom is -0.460 e. The second-order valence-corrected chi connectivity index (χ2v) is 10.5. The zero-order chi connectivity index (χ0) is 28.2. The summed E-state index contributed by atoms with van der Waals surface area (Å²) >= 11 is 0. The fourth-order valence-corrected chi connectivity index (χ4v) is 3.76. The van der Waals surface area contributed by atoms with Crippen LogP contribution in [-0.4, -0.2) is 70.2 Å². The van der Waals surface area contributed by atoms with E-state index in [-0.39, 0.29) is 17.5 Å². The number of carbonyl (C=O) groups excluding carboxylic acids is 2. The standard InChI is InChI=1S/C28H54N4O6/c1-28(2,3)38-27(34)17-15-13-11-9-7-5-4-6-8-10-12-14-16-26(33)30-18-20-35-22-24-37-25-23-36-21-19-31-32-29/h4-25H2,1-3H3,(H,30,33). The molecule has 1 amide bonds. The van der Waals surface area contributed by atoms with E-state index in [4.69, 9.17) is 24.5 Å². The molecule has 0 unspecified atom stereocenters. The largest absolute Gasteiger partial charge is 0.460 e. The molecule has 0 aliphatic carbocycles. The highest BCUT2D eigenvalue weighted by Crippen LogP contribution is 2.14. The van der Waals surface area contributed by atoms with Crippen LogP contribution in [0.3, 0.4) is 0 Å². The van der Waals surface area contributed by atoms with Gasteiger partial charge >= 0.3 is 5.97 Å². The lowest BCUT2D eigenvalue weighted by molar-refractivity contribution is -0.154. The number of nitrogens with zero attached hydrogens (tertiary/aromatic N) is 3. The Balaban J connectivity index is 3.24. The summed E-state index contributed by atoms with van der Waals surface area (Å²) in [5, 5.41) is 6.27. The highest BCUT2D eigenvalue weighted by Gasteiger charge is 2.15. The molecule has 0 fully saturated rings. The first-order chi connectivity index (χ1) is 18.3. The van der Waals surface area contributed by atoms with Gasteiger partial charge in [-0.25, -0.2) is 0 Å². The van der Waals surface area contributed by atoms with Crippen molar-refractivity contribution in [1.82, 2.24) is 5.32 Å². The summed E-state index contributed by atoms with van der Waals surface area (Å²) in [4.78, 5) is 26.2. The van der Waals surface area contributed by atoms with E-state index in [1.54, 1.807) is 0 Å². The third-order valence-corrected chi connectivity index (χ3v) is 5.67. The van der Waals surface area contributed by atoms with Gasteiger partial charge in [-0.05, 0) is 39.1 Å². The van der Waals surface area contributed by atoms with Crippen LogP contribution in [-0.2, 0) is 28.5 Å². The number of nitrogens with one attached hydrogen (secondary N) is 1. The monoisotopic (exact) mass is 542 g/mol. The van der Waals surface area contributed by atoms with Crippen LogP contribution in [0.15, 0.2) is 5.11 Å². The van der Waals surface area contributed by atoms with Gasteiger partial charge in [0.15, 0.2) is 0 Å². The van der Waals surface area contributed by atoms with Crippen molar-refractivity contribution in [2.75, 3.05) is 52.7 Å². The first kappa shape index (κ1) is 36.1. The van der Waals surface area contributed by atoms with Crippen LogP contribution in [0, 0.1) is 0 Å². The maximum absolute atomic E-state index is 11.9. The zero-order valence-electron chi connectivity index (χ0n) is 24.3. The van der Waals surface area contributed by atoms with E-state index >= 15 is 0 Å². The molecule has 0 rings (SSSR count). The average molecular weight is 543 g/mol. The summed E-state index contributed by atoms with van der Waals surface area (Å²) in [6.45, 7) is 9.32. The van der Waals surface area contributed by atoms with Crippen LogP contribution in [0.25, 0.3) is 10.4 Å². The Morgan fingerprint density at radius 2 is 1.13 bits per heavy atom. The molecule has 0 radical (unpaired) electrons. The number of amides is 1. The molecular formula is C28H54N4O6. The number of hydrogen-bond donors (Lipinski definition) is 1. The molecule has 38 heavy (non-hydrogen) atoms. The normalized spacial score (nSPS) is 11.2. The molecule has 0 aliphatic rings. The molecule has 0 spiro atoms. The summed E-state index contributed by atoms with van der Waals surface area (Å²) < 4.78 is 21.3. The third-order valence-electron chi connectivity index (χ3n) is 5.67. The van der Waals surface area contributed by atoms with Crippen molar-refractivity contribution in [3.63, 3.8) is 0 Å². The molecule has 0 aromatic rings. The van der Waals surface area contributed by atoms with E-state index in [1.807, 2.05) is 20.8 Å². The van der Waals surface area contributed by atoms with Gasteiger partial charge in [-0.1, -0.05) is 69.3 Å². The van der Waals surface area contributed by atoms with Crippen LogP contribution in [0.4, 0.5) is 0 Å². The van der Waals surface area contributed by atoms with Crippen LogP contribution < -0.4 is 5.32 Å². The van der Waals surface area contributed by atoms with Gasteiger partial charge in [0, 0.05) is 30.8 Å². The minimum atomic E-state index is -0.380. The Labute approximate surface area is 230 Å². The summed E-state index contributed by atoms with van der Waals surface area (Å²) in [5.41, 5.74) is 7.75. The molecule has 0 atom stereocenters. The fraction of sp³-hybridized carbons (Fsp3) is 0.929. The Hall–Kier alpha value is -1.87. The topological polar surface area (TPSA) is 132 Å². The number of ether oxygens (including phenoxy) is 4. The highest BCUT2D eigenvalue weighted by atomic mass is 16.6. The average Bonchev–Trinajstić information content (AvgIpc) is 2.86. The molecule has 1 N–H and O–H groups in total. The molecular weight excluding hydrogens is 488 g/mol. The molecule has 0 bridgehead atoms. The molecule has 0 heterocycles. The van der Waals surface area contributed by atoms with Crippen molar-refractivity contribution >= 4 is 11.9 Å². The Bertz CT molecular complexity index is 621. The number of hydrogen-bond acceptors (Lipinski definition) is 7. The van der Waals surface area contributed by atoms with Gasteiger partial charge in [0.2, 0.25) is 5.91 Å². The van der Waals surface area contributed by atoms with Crippen molar-refractivity contribution in [2.24, 2.45) is 5.11 Å². The van der Waals surface area contributed by atoms with Crippen molar-refractivity contribution < 1.29 is 28.5 Å². The second kappa shape index (κ2) is 26.7. The van der Waals surface area contributed by atoms with Gasteiger partial charge in [-0.15, -0.1) is 0 Å². The van der Waals surface area contributed by atoms with E-state index in [0.29, 0.717) is 65.6 Å². The predicted octanol–water partition coefficient (Wildman–Crippen LogP) is 6.27. The smallest absolute Gasteiger partial charge is 0.306 e. The lowest BCUT2D eigenvalue weighted by atomic mass is 10.0. The molecule has 0 saturated carbocycles. The van der Waals surface area contributed by atoms with Crippen LogP contribution >= 0.6 is 0 Å². The van der Waals surface area contributed by atoms with Gasteiger partial charge in [0.05, 0.1) is 39.6 Å². The molecule has 0 aromatic heterocycles. The van der Waals surface area contributed by atoms with Crippen LogP contribution in [0.5, 0.6) is 0 Å². The molecule has 10 heteroatoms. The minimum absolute atomic E-state index is 0.0814. The van der Waals surface area contributed by atoms with Gasteiger partial charge in [-0.2, -0.15) is 0 Å². The molecule has 0 aliphatic heterocycles. The Morgan fingerprint density at radius 1 is 0.684 bits per heavy atom. The highest BCUT2D eigenvalue weighted by molar-refractivity contribution is 5.75. The van der Waals surface area contributed by atoms with Crippen molar-refractivity contribution in [2.45, 2.75) is 116 Å². The third kappa shape index (κ3) is 30.4. The predicted molar refractivity (Wildman–Crippen MR) is 150 cm³/mol. The maximum atomic E-state index is 11.9. The van der Waals surface area contributed by atoms with Crippen molar-refractivity contribution in [3.05, 3.63) is 10.4 Å². The number of azide groups is 1. The summed E-state index contributed by atoms with van der Waals surface area (Å²) in [6, 6.07) is 0. The van der Waals surface area contributed by atoms with Crippen molar-refractivity contribution in [1.29, 1.82) is 0 Å². The first-order valence-corrected chi connectivity index (χ1v) is 14.6. The molecule has 0 aromatic carbocycles. The first-order valence-electron chi connectivity index (χ1n) is 14.6. The van der Waals surface area contributed by atoms with E-state index in [9.17, 15) is 9.59 Å². The Morgan fingerprint density at radius 3 is 1.63 bits per heavy atom. The van der Waals surface area contributed by atoms with Gasteiger partial charge in [-0.3, -0.25) is 9.59 Å². The molecule has 0 saturated heterocycles. The second-order valence-electron chi connectivity index (χ2n) is 10.5. The summed E-state index contributed by atoms with van der Waals surface area (Å²) in [6.07, 6.45) is 15.2. The number of rotatable bonds is 27. The summed E-state index contributed by atoms with van der Waals surface area (Å²) in [7, 11) is 0. The number of carbonyl (C=O) groups is 2. The van der Waals surface area contributed by atoms with E-state index in [0.717, 1.165) is 25.7 Å². The quantitative estimate of drug-likeness (QED) is 0.0428. The van der Waals surface area contributed by atoms with Crippen LogP contribution in [0.2, 0.25) is 0 Å². The van der Waals surface area contributed by atoms with Gasteiger partial charge < -0.3 is 24.3 Å². The lowest BCUT2D eigenvalue weighted by Crippen LogP contribution is -2.27. The lowest BCUT2D eigenvalue weighted by Gasteiger charge is -2.19. The van der Waals surface area contributed by atoms with Gasteiger partial charge in [0.1, 0.15) is 5.60 Å². The maximum Gasteiger partial charge on any atom is 0.306 e. The number of unbranched alkanes of at least 4 members (excludes halogenated alkanes) is 11. The molecule has 10 nitrogen and oxygen atoms in total. The van der Waals surface area contributed by atoms with Gasteiger partial charge in [0.25, 0.3) is 0 Å². The van der Waals surface area contributed by atoms with E-state index in [1.165, 1.54) is 51.4 Å². The zero-order valence-corrected chi connectivity index (χ0v) is 24.3. The molecule has 222 valence electrons. The SMILES string of the molecule is CC(C)(C)OC(=O)CCCCCCCCCCCCCCC(=O)NCCOCCOCCOCCN=[N+]=[N-].